The normalized spacial score (nSPS) is 15.0. The van der Waals surface area contributed by atoms with Gasteiger partial charge in [-0.15, -0.1) is 0 Å². The van der Waals surface area contributed by atoms with Gasteiger partial charge in [0, 0.05) is 43.6 Å². The highest BCUT2D eigenvalue weighted by molar-refractivity contribution is 6.00. The number of anilines is 2. The molecular weight excluding hydrogens is 262 g/mol. The van der Waals surface area contributed by atoms with Gasteiger partial charge in [-0.3, -0.25) is 5.41 Å². The third-order valence-electron chi connectivity index (χ3n) is 3.79. The molecule has 108 valence electrons. The lowest BCUT2D eigenvalue weighted by atomic mass is 10.1. The summed E-state index contributed by atoms with van der Waals surface area (Å²) in [5.74, 6) is 1.15. The Hall–Kier alpha value is -2.56. The number of aromatic nitrogens is 1. The van der Waals surface area contributed by atoms with Crippen LogP contribution in [0.2, 0.25) is 0 Å². The quantitative estimate of drug-likeness (QED) is 0.663. The first-order chi connectivity index (χ1) is 10.3. The maximum atomic E-state index is 7.70. The van der Waals surface area contributed by atoms with E-state index >= 15 is 0 Å². The predicted octanol–water partition coefficient (Wildman–Crippen LogP) is 1.69. The summed E-state index contributed by atoms with van der Waals surface area (Å²) in [5, 5.41) is 7.70. The van der Waals surface area contributed by atoms with Crippen molar-refractivity contribution < 1.29 is 0 Å². The third-order valence-corrected chi connectivity index (χ3v) is 3.79. The average Bonchev–Trinajstić information content (AvgIpc) is 2.56. The lowest BCUT2D eigenvalue weighted by Crippen LogP contribution is -2.47. The number of benzene rings is 1. The Morgan fingerprint density at radius 1 is 0.952 bits per heavy atom. The second-order valence-corrected chi connectivity index (χ2v) is 5.09. The Morgan fingerprint density at radius 3 is 2.29 bits per heavy atom. The number of nitrogens with two attached hydrogens (primary N) is 1. The number of pyridine rings is 1. The second-order valence-electron chi connectivity index (χ2n) is 5.09. The molecule has 0 amide bonds. The van der Waals surface area contributed by atoms with Gasteiger partial charge in [0.15, 0.2) is 0 Å². The molecule has 1 aliphatic heterocycles. The van der Waals surface area contributed by atoms with Gasteiger partial charge in [0.2, 0.25) is 0 Å². The number of hydrogen-bond acceptors (Lipinski definition) is 4. The van der Waals surface area contributed by atoms with Gasteiger partial charge in [0.25, 0.3) is 0 Å². The first-order valence-electron chi connectivity index (χ1n) is 7.10. The molecule has 0 bridgehead atoms. The summed E-state index contributed by atoms with van der Waals surface area (Å²) in [5.41, 5.74) is 7.53. The summed E-state index contributed by atoms with van der Waals surface area (Å²) in [6.07, 6.45) is 1.83. The zero-order valence-corrected chi connectivity index (χ0v) is 11.9. The van der Waals surface area contributed by atoms with E-state index in [1.165, 1.54) is 0 Å². The molecular formula is C16H19N5. The van der Waals surface area contributed by atoms with Crippen molar-refractivity contribution in [2.45, 2.75) is 0 Å². The largest absolute Gasteiger partial charge is 0.384 e. The topological polar surface area (TPSA) is 69.2 Å². The second kappa shape index (κ2) is 5.83. The van der Waals surface area contributed by atoms with Gasteiger partial charge in [-0.25, -0.2) is 4.98 Å². The van der Waals surface area contributed by atoms with E-state index in [0.29, 0.717) is 0 Å². The molecule has 0 saturated carbocycles. The molecule has 0 spiro atoms. The maximum Gasteiger partial charge on any atom is 0.128 e. The fraction of sp³-hybridized carbons (Fsp3) is 0.250. The van der Waals surface area contributed by atoms with Crippen molar-refractivity contribution in [2.24, 2.45) is 5.73 Å². The standard InChI is InChI=1S/C16H19N5/c17-16(18)13-5-1-2-6-14(13)20-9-11-21(12-10-20)15-7-3-4-8-19-15/h1-8H,9-12H2,(H3,17,18). The van der Waals surface area contributed by atoms with Crippen LogP contribution >= 0.6 is 0 Å². The van der Waals surface area contributed by atoms with Gasteiger partial charge in [-0.05, 0) is 24.3 Å². The molecule has 1 saturated heterocycles. The number of nitrogen functional groups attached to an aromatic ring is 1. The Kier molecular flexibility index (Phi) is 3.73. The van der Waals surface area contributed by atoms with Gasteiger partial charge < -0.3 is 15.5 Å². The van der Waals surface area contributed by atoms with Crippen molar-refractivity contribution >= 4 is 17.3 Å². The highest BCUT2D eigenvalue weighted by atomic mass is 15.3. The summed E-state index contributed by atoms with van der Waals surface area (Å²) in [7, 11) is 0. The molecule has 2 aromatic rings. The number of nitrogens with one attached hydrogen (secondary N) is 1. The lowest BCUT2D eigenvalue weighted by Gasteiger charge is -2.37. The van der Waals surface area contributed by atoms with Crippen LogP contribution in [0, 0.1) is 5.41 Å². The zero-order valence-electron chi connectivity index (χ0n) is 11.9. The zero-order chi connectivity index (χ0) is 14.7. The van der Waals surface area contributed by atoms with E-state index in [1.807, 2.05) is 48.7 Å². The van der Waals surface area contributed by atoms with Crippen LogP contribution in [0.4, 0.5) is 11.5 Å². The SMILES string of the molecule is N=C(N)c1ccccc1N1CCN(c2ccccn2)CC1. The lowest BCUT2D eigenvalue weighted by molar-refractivity contribution is 0.647. The van der Waals surface area contributed by atoms with Gasteiger partial charge in [-0.2, -0.15) is 0 Å². The molecule has 1 aromatic carbocycles. The molecule has 3 N–H and O–H groups in total. The van der Waals surface area contributed by atoms with Crippen molar-refractivity contribution in [1.29, 1.82) is 5.41 Å². The van der Waals surface area contributed by atoms with Gasteiger partial charge >= 0.3 is 0 Å². The number of para-hydroxylation sites is 1. The average molecular weight is 281 g/mol. The fourth-order valence-corrected chi connectivity index (χ4v) is 2.69. The molecule has 0 unspecified atom stereocenters. The molecule has 1 fully saturated rings. The van der Waals surface area contributed by atoms with Crippen LogP contribution in [0.15, 0.2) is 48.7 Å². The van der Waals surface area contributed by atoms with Crippen LogP contribution in [-0.4, -0.2) is 37.0 Å². The van der Waals surface area contributed by atoms with E-state index < -0.39 is 0 Å². The monoisotopic (exact) mass is 281 g/mol. The van der Waals surface area contributed by atoms with Crippen molar-refractivity contribution in [3.63, 3.8) is 0 Å². The predicted molar refractivity (Wildman–Crippen MR) is 86.1 cm³/mol. The summed E-state index contributed by atoms with van der Waals surface area (Å²) in [4.78, 5) is 8.97. The molecule has 5 nitrogen and oxygen atoms in total. The minimum Gasteiger partial charge on any atom is -0.384 e. The van der Waals surface area contributed by atoms with E-state index in [9.17, 15) is 0 Å². The number of nitrogens with zero attached hydrogens (tertiary/aromatic N) is 3. The molecule has 3 rings (SSSR count). The number of amidine groups is 1. The Bertz CT molecular complexity index is 618. The number of hydrogen-bond donors (Lipinski definition) is 2. The van der Waals surface area contributed by atoms with Crippen LogP contribution in [0.3, 0.4) is 0 Å². The van der Waals surface area contributed by atoms with Gasteiger partial charge in [0.05, 0.1) is 0 Å². The Labute approximate surface area is 124 Å². The van der Waals surface area contributed by atoms with Crippen LogP contribution in [0.1, 0.15) is 5.56 Å². The van der Waals surface area contributed by atoms with Crippen molar-refractivity contribution in [3.05, 3.63) is 54.2 Å². The van der Waals surface area contributed by atoms with Crippen molar-refractivity contribution in [3.8, 4) is 0 Å². The summed E-state index contributed by atoms with van der Waals surface area (Å²) < 4.78 is 0. The van der Waals surface area contributed by atoms with Crippen LogP contribution in [0.25, 0.3) is 0 Å². The fourth-order valence-electron chi connectivity index (χ4n) is 2.69. The van der Waals surface area contributed by atoms with Crippen molar-refractivity contribution in [2.75, 3.05) is 36.0 Å². The van der Waals surface area contributed by atoms with Crippen LogP contribution < -0.4 is 15.5 Å². The highest BCUT2D eigenvalue weighted by Gasteiger charge is 2.20. The van der Waals surface area contributed by atoms with E-state index in [-0.39, 0.29) is 5.84 Å². The van der Waals surface area contributed by atoms with Gasteiger partial charge in [0.1, 0.15) is 11.7 Å². The smallest absolute Gasteiger partial charge is 0.128 e. The molecule has 1 aliphatic rings. The van der Waals surface area contributed by atoms with E-state index in [2.05, 4.69) is 14.8 Å². The highest BCUT2D eigenvalue weighted by Crippen LogP contribution is 2.22. The minimum atomic E-state index is 0.123. The first kappa shape index (κ1) is 13.4. The summed E-state index contributed by atoms with van der Waals surface area (Å²) in [6.45, 7) is 3.65. The maximum absolute atomic E-state index is 7.70. The molecule has 0 aliphatic carbocycles. The van der Waals surface area contributed by atoms with Crippen molar-refractivity contribution in [1.82, 2.24) is 4.98 Å². The Morgan fingerprint density at radius 2 is 1.62 bits per heavy atom. The molecule has 0 atom stereocenters. The number of piperazine rings is 1. The van der Waals surface area contributed by atoms with E-state index in [1.54, 1.807) is 0 Å². The van der Waals surface area contributed by atoms with E-state index in [4.69, 9.17) is 11.1 Å². The molecule has 1 aromatic heterocycles. The summed E-state index contributed by atoms with van der Waals surface area (Å²) >= 11 is 0. The number of rotatable bonds is 3. The molecule has 5 heteroatoms. The van der Waals surface area contributed by atoms with Gasteiger partial charge in [-0.1, -0.05) is 18.2 Å². The molecule has 0 radical (unpaired) electrons. The molecule has 2 heterocycles. The minimum absolute atomic E-state index is 0.123. The summed E-state index contributed by atoms with van der Waals surface area (Å²) in [6, 6.07) is 13.8. The molecule has 21 heavy (non-hydrogen) atoms. The van der Waals surface area contributed by atoms with Crippen LogP contribution in [-0.2, 0) is 0 Å². The Balaban J connectivity index is 1.73. The third kappa shape index (κ3) is 2.81. The first-order valence-corrected chi connectivity index (χ1v) is 7.10. The van der Waals surface area contributed by atoms with Crippen LogP contribution in [0.5, 0.6) is 0 Å². The van der Waals surface area contributed by atoms with E-state index in [0.717, 1.165) is 43.2 Å².